The molecule has 3 aromatic rings. The van der Waals surface area contributed by atoms with Crippen LogP contribution in [-0.2, 0) is 16.1 Å². The monoisotopic (exact) mass is 426 g/mol. The molecule has 0 aromatic heterocycles. The van der Waals surface area contributed by atoms with Crippen LogP contribution in [0, 0.1) is 12.3 Å². The van der Waals surface area contributed by atoms with Gasteiger partial charge in [0.25, 0.3) is 0 Å². The third kappa shape index (κ3) is 5.12. The van der Waals surface area contributed by atoms with E-state index in [4.69, 9.17) is 17.9 Å². The number of benzene rings is 3. The molecule has 3 rings (SSSR count). The van der Waals surface area contributed by atoms with Crippen molar-refractivity contribution in [3.05, 3.63) is 95.6 Å². The quantitative estimate of drug-likeness (QED) is 0.397. The molecule has 0 fully saturated rings. The van der Waals surface area contributed by atoms with Crippen LogP contribution < -0.4 is 21.7 Å². The van der Waals surface area contributed by atoms with Gasteiger partial charge in [0, 0.05) is 23.5 Å². The molecule has 7 nitrogen and oxygen atoms in total. The zero-order chi connectivity index (χ0) is 23.1. The fraction of sp³-hybridized carbons (Fsp3) is 0.0800. The predicted molar refractivity (Wildman–Crippen MR) is 123 cm³/mol. The highest BCUT2D eigenvalue weighted by atomic mass is 16.2. The molecule has 0 aliphatic heterocycles. The molecular weight excluding hydrogens is 404 g/mol. The summed E-state index contributed by atoms with van der Waals surface area (Å²) in [6.07, 6.45) is 5.43. The number of amides is 3. The lowest BCUT2D eigenvalue weighted by molar-refractivity contribution is -0.125. The van der Waals surface area contributed by atoms with Gasteiger partial charge in [-0.05, 0) is 47.4 Å². The van der Waals surface area contributed by atoms with Crippen molar-refractivity contribution < 1.29 is 14.4 Å². The first-order chi connectivity index (χ1) is 15.4. The van der Waals surface area contributed by atoms with Gasteiger partial charge in [0.15, 0.2) is 0 Å². The lowest BCUT2D eigenvalue weighted by atomic mass is 10.0. The Bertz CT molecular complexity index is 1170. The van der Waals surface area contributed by atoms with Crippen LogP contribution in [-0.4, -0.2) is 17.7 Å². The number of nitrogens with two attached hydrogens (primary N) is 2. The molecule has 3 aromatic carbocycles. The fourth-order valence-corrected chi connectivity index (χ4v) is 3.24. The summed E-state index contributed by atoms with van der Waals surface area (Å²) in [4.78, 5) is 39.0. The van der Waals surface area contributed by atoms with Gasteiger partial charge < -0.3 is 16.8 Å². The van der Waals surface area contributed by atoms with Crippen molar-refractivity contribution in [1.29, 1.82) is 0 Å². The number of anilines is 2. The number of terminal acetylenes is 1. The van der Waals surface area contributed by atoms with E-state index in [0.29, 0.717) is 11.3 Å². The molecule has 0 spiro atoms. The van der Waals surface area contributed by atoms with Crippen LogP contribution in [0.3, 0.4) is 0 Å². The van der Waals surface area contributed by atoms with Gasteiger partial charge in [-0.15, -0.1) is 6.42 Å². The maximum Gasteiger partial charge on any atom is 0.303 e. The average Bonchev–Trinajstić information content (AvgIpc) is 2.82. The number of nitrogens with zero attached hydrogens (tertiary/aromatic N) is 1. The topological polar surface area (TPSA) is 119 Å². The summed E-state index contributed by atoms with van der Waals surface area (Å²) in [5.41, 5.74) is 13.5. The Hall–Kier alpha value is -4.57. The third-order valence-electron chi connectivity index (χ3n) is 4.82. The Morgan fingerprint density at radius 2 is 1.66 bits per heavy atom. The zero-order valence-electron chi connectivity index (χ0n) is 17.2. The summed E-state index contributed by atoms with van der Waals surface area (Å²) in [7, 11) is 0. The largest absolute Gasteiger partial charge is 0.399 e. The van der Waals surface area contributed by atoms with Crippen LogP contribution in [0.2, 0.25) is 0 Å². The highest BCUT2D eigenvalue weighted by Crippen LogP contribution is 2.29. The minimum Gasteiger partial charge on any atom is -0.399 e. The van der Waals surface area contributed by atoms with Gasteiger partial charge in [0.2, 0.25) is 11.8 Å². The number of carbonyl (C=O) groups excluding carboxylic acids is 3. The molecular formula is C25H22N4O3. The molecule has 1 atom stereocenters. The Morgan fingerprint density at radius 1 is 0.969 bits per heavy atom. The maximum absolute atomic E-state index is 13.4. The average molecular weight is 426 g/mol. The van der Waals surface area contributed by atoms with E-state index in [0.717, 1.165) is 10.5 Å². The van der Waals surface area contributed by atoms with Gasteiger partial charge in [-0.3, -0.25) is 19.3 Å². The molecule has 0 radical (unpaired) electrons. The number of rotatable bonds is 7. The third-order valence-corrected chi connectivity index (χ3v) is 4.82. The summed E-state index contributed by atoms with van der Waals surface area (Å²) in [5, 5.41) is 2.85. The second-order valence-electron chi connectivity index (χ2n) is 7.01. The van der Waals surface area contributed by atoms with E-state index in [-0.39, 0.29) is 17.8 Å². The highest BCUT2D eigenvalue weighted by molar-refractivity contribution is 6.10. The van der Waals surface area contributed by atoms with Gasteiger partial charge in [-0.1, -0.05) is 48.5 Å². The van der Waals surface area contributed by atoms with Crippen molar-refractivity contribution in [2.75, 3.05) is 10.6 Å². The summed E-state index contributed by atoms with van der Waals surface area (Å²) in [5.74, 6) is 0.201. The first kappa shape index (κ1) is 22.1. The predicted octanol–water partition coefficient (Wildman–Crippen LogP) is 2.39. The Morgan fingerprint density at radius 3 is 2.28 bits per heavy atom. The van der Waals surface area contributed by atoms with Crippen molar-refractivity contribution >= 4 is 29.1 Å². The maximum atomic E-state index is 13.4. The standard InChI is InChI=1S/C25H22N4O3/c1-2-22(30)29(21-10-6-9-19(15-21)24(27)31)23(18-11-13-20(26)14-12-18)25(32)28-16-17-7-4-3-5-8-17/h1,3-15,23H,16,26H2,(H2,27,31)(H,28,32). The molecule has 0 aliphatic carbocycles. The number of nitrogen functional groups attached to an aromatic ring is 1. The number of hydrogen-bond acceptors (Lipinski definition) is 4. The van der Waals surface area contributed by atoms with Crippen LogP contribution in [0.5, 0.6) is 0 Å². The van der Waals surface area contributed by atoms with Crippen molar-refractivity contribution in [3.8, 4) is 12.3 Å². The molecule has 5 N–H and O–H groups in total. The minimum atomic E-state index is -1.11. The summed E-state index contributed by atoms with van der Waals surface area (Å²) in [6.45, 7) is 0.255. The van der Waals surface area contributed by atoms with E-state index in [9.17, 15) is 14.4 Å². The van der Waals surface area contributed by atoms with E-state index < -0.39 is 23.8 Å². The molecule has 1 unspecified atom stereocenters. The fourth-order valence-electron chi connectivity index (χ4n) is 3.24. The summed E-state index contributed by atoms with van der Waals surface area (Å²) in [6, 6.07) is 20.9. The van der Waals surface area contributed by atoms with Gasteiger partial charge >= 0.3 is 5.91 Å². The van der Waals surface area contributed by atoms with E-state index in [1.54, 1.807) is 36.4 Å². The lowest BCUT2D eigenvalue weighted by Crippen LogP contribution is -2.43. The number of primary amides is 1. The summed E-state index contributed by atoms with van der Waals surface area (Å²) < 4.78 is 0. The van der Waals surface area contributed by atoms with E-state index in [1.807, 2.05) is 30.3 Å². The van der Waals surface area contributed by atoms with Crippen LogP contribution in [0.1, 0.15) is 27.5 Å². The Labute approximate surface area is 186 Å². The van der Waals surface area contributed by atoms with Crippen molar-refractivity contribution in [3.63, 3.8) is 0 Å². The number of carbonyl (C=O) groups is 3. The number of hydrogen-bond donors (Lipinski definition) is 3. The van der Waals surface area contributed by atoms with Crippen LogP contribution in [0.15, 0.2) is 78.9 Å². The minimum absolute atomic E-state index is 0.179. The number of nitrogens with one attached hydrogen (secondary N) is 1. The second kappa shape index (κ2) is 9.96. The molecule has 7 heteroatoms. The molecule has 0 saturated carbocycles. The van der Waals surface area contributed by atoms with E-state index in [1.165, 1.54) is 12.1 Å². The second-order valence-corrected chi connectivity index (χ2v) is 7.01. The zero-order valence-corrected chi connectivity index (χ0v) is 17.2. The molecule has 0 saturated heterocycles. The Balaban J connectivity index is 2.05. The normalized spacial score (nSPS) is 11.1. The first-order valence-electron chi connectivity index (χ1n) is 9.77. The van der Waals surface area contributed by atoms with Crippen molar-refractivity contribution in [2.24, 2.45) is 5.73 Å². The Kier molecular flexibility index (Phi) is 6.88. The SMILES string of the molecule is C#CC(=O)N(c1cccc(C(N)=O)c1)C(C(=O)NCc1ccccc1)c1ccc(N)cc1. The van der Waals surface area contributed by atoms with Gasteiger partial charge in [-0.2, -0.15) is 0 Å². The van der Waals surface area contributed by atoms with Crippen LogP contribution in [0.25, 0.3) is 0 Å². The van der Waals surface area contributed by atoms with Gasteiger partial charge in [0.1, 0.15) is 6.04 Å². The van der Waals surface area contributed by atoms with E-state index in [2.05, 4.69) is 11.2 Å². The highest BCUT2D eigenvalue weighted by Gasteiger charge is 2.32. The van der Waals surface area contributed by atoms with Crippen LogP contribution >= 0.6 is 0 Å². The van der Waals surface area contributed by atoms with Crippen molar-refractivity contribution in [1.82, 2.24) is 5.32 Å². The van der Waals surface area contributed by atoms with Crippen molar-refractivity contribution in [2.45, 2.75) is 12.6 Å². The molecule has 0 bridgehead atoms. The molecule has 160 valence electrons. The molecule has 32 heavy (non-hydrogen) atoms. The van der Waals surface area contributed by atoms with Crippen LogP contribution in [0.4, 0.5) is 11.4 Å². The molecule has 0 aliphatic rings. The van der Waals surface area contributed by atoms with E-state index >= 15 is 0 Å². The molecule has 0 heterocycles. The molecule has 3 amide bonds. The van der Waals surface area contributed by atoms with Gasteiger partial charge in [0.05, 0.1) is 0 Å². The lowest BCUT2D eigenvalue weighted by Gasteiger charge is -2.30. The smallest absolute Gasteiger partial charge is 0.303 e. The van der Waals surface area contributed by atoms with Gasteiger partial charge in [-0.25, -0.2) is 0 Å². The summed E-state index contributed by atoms with van der Waals surface area (Å²) >= 11 is 0. The first-order valence-corrected chi connectivity index (χ1v) is 9.77.